The van der Waals surface area contributed by atoms with Crippen LogP contribution in [0.15, 0.2) is 0 Å². The van der Waals surface area contributed by atoms with Gasteiger partial charge in [-0.15, -0.1) is 0 Å². The standard InChI is InChI=1S/C13H25N3O/c1-5-12(10-14)13(17)15-8-6-7-9-16(4)11(2)3/h11-12H,5-9H2,1-4H3,(H,15,17). The zero-order valence-electron chi connectivity index (χ0n) is 11.5. The largest absolute Gasteiger partial charge is 0.355 e. The first-order valence-electron chi connectivity index (χ1n) is 6.40. The van der Waals surface area contributed by atoms with E-state index in [4.69, 9.17) is 5.26 Å². The van der Waals surface area contributed by atoms with Gasteiger partial charge in [-0.05, 0) is 46.7 Å². The number of carbonyl (C=O) groups excluding carboxylic acids is 1. The van der Waals surface area contributed by atoms with Crippen LogP contribution in [0.25, 0.3) is 0 Å². The molecule has 1 N–H and O–H groups in total. The Morgan fingerprint density at radius 3 is 2.53 bits per heavy atom. The summed E-state index contributed by atoms with van der Waals surface area (Å²) in [5, 5.41) is 11.5. The van der Waals surface area contributed by atoms with Crippen LogP contribution in [0.3, 0.4) is 0 Å². The molecule has 0 fully saturated rings. The van der Waals surface area contributed by atoms with E-state index in [0.717, 1.165) is 19.4 Å². The van der Waals surface area contributed by atoms with E-state index in [9.17, 15) is 4.79 Å². The first-order chi connectivity index (χ1) is 8.02. The van der Waals surface area contributed by atoms with Gasteiger partial charge in [0, 0.05) is 12.6 Å². The molecule has 0 aliphatic rings. The molecule has 1 amide bonds. The Hall–Kier alpha value is -1.08. The smallest absolute Gasteiger partial charge is 0.237 e. The second-order valence-electron chi connectivity index (χ2n) is 4.66. The molecule has 1 atom stereocenters. The Balaban J connectivity index is 3.59. The van der Waals surface area contributed by atoms with Gasteiger partial charge < -0.3 is 10.2 Å². The van der Waals surface area contributed by atoms with Crippen molar-refractivity contribution in [1.29, 1.82) is 5.26 Å². The molecule has 0 spiro atoms. The van der Waals surface area contributed by atoms with Crippen LogP contribution in [-0.2, 0) is 4.79 Å². The van der Waals surface area contributed by atoms with E-state index in [0.29, 0.717) is 19.0 Å². The van der Waals surface area contributed by atoms with Crippen LogP contribution in [0.4, 0.5) is 0 Å². The number of hydrogen-bond acceptors (Lipinski definition) is 3. The van der Waals surface area contributed by atoms with Gasteiger partial charge in [0.25, 0.3) is 0 Å². The van der Waals surface area contributed by atoms with Gasteiger partial charge in [-0.2, -0.15) is 5.26 Å². The summed E-state index contributed by atoms with van der Waals surface area (Å²) in [6, 6.07) is 2.57. The number of nitrogens with zero attached hydrogens (tertiary/aromatic N) is 2. The van der Waals surface area contributed by atoms with Crippen LogP contribution in [0.2, 0.25) is 0 Å². The fourth-order valence-corrected chi connectivity index (χ4v) is 1.41. The molecule has 0 saturated carbocycles. The minimum Gasteiger partial charge on any atom is -0.355 e. The maximum absolute atomic E-state index is 11.5. The monoisotopic (exact) mass is 239 g/mol. The molecule has 0 aliphatic heterocycles. The summed E-state index contributed by atoms with van der Waals surface area (Å²) < 4.78 is 0. The third-order valence-corrected chi connectivity index (χ3v) is 3.00. The highest BCUT2D eigenvalue weighted by Gasteiger charge is 2.14. The van der Waals surface area contributed by atoms with Gasteiger partial charge in [-0.1, -0.05) is 6.92 Å². The molecule has 17 heavy (non-hydrogen) atoms. The van der Waals surface area contributed by atoms with Crippen molar-refractivity contribution in [2.45, 2.75) is 46.1 Å². The molecule has 0 aromatic rings. The lowest BCUT2D eigenvalue weighted by Gasteiger charge is -2.20. The fraction of sp³-hybridized carbons (Fsp3) is 0.846. The molecule has 1 unspecified atom stereocenters. The normalized spacial score (nSPS) is 12.5. The van der Waals surface area contributed by atoms with Gasteiger partial charge in [0.2, 0.25) is 5.91 Å². The average Bonchev–Trinajstić information content (AvgIpc) is 2.29. The summed E-state index contributed by atoms with van der Waals surface area (Å²) in [6.45, 7) is 7.90. The van der Waals surface area contributed by atoms with Crippen molar-refractivity contribution in [3.05, 3.63) is 0 Å². The topological polar surface area (TPSA) is 56.1 Å². The molecule has 4 nitrogen and oxygen atoms in total. The van der Waals surface area contributed by atoms with Gasteiger partial charge in [0.05, 0.1) is 6.07 Å². The van der Waals surface area contributed by atoms with Crippen LogP contribution in [0, 0.1) is 17.2 Å². The van der Waals surface area contributed by atoms with Crippen LogP contribution in [0.5, 0.6) is 0 Å². The minimum absolute atomic E-state index is 0.132. The number of nitriles is 1. The molecule has 0 aromatic heterocycles. The summed E-state index contributed by atoms with van der Waals surface area (Å²) in [5.74, 6) is -0.624. The van der Waals surface area contributed by atoms with Crippen molar-refractivity contribution in [3.63, 3.8) is 0 Å². The predicted molar refractivity (Wildman–Crippen MR) is 69.4 cm³/mol. The van der Waals surface area contributed by atoms with Gasteiger partial charge in [0.1, 0.15) is 5.92 Å². The highest BCUT2D eigenvalue weighted by molar-refractivity contribution is 5.80. The van der Waals surface area contributed by atoms with E-state index >= 15 is 0 Å². The molecule has 0 bridgehead atoms. The van der Waals surface area contributed by atoms with Crippen molar-refractivity contribution in [2.75, 3.05) is 20.1 Å². The predicted octanol–water partition coefficient (Wildman–Crippen LogP) is 1.77. The quantitative estimate of drug-likeness (QED) is 0.657. The molecule has 0 saturated heterocycles. The van der Waals surface area contributed by atoms with Gasteiger partial charge in [0.15, 0.2) is 0 Å². The number of unbranched alkanes of at least 4 members (excludes halogenated alkanes) is 1. The second-order valence-corrected chi connectivity index (χ2v) is 4.66. The summed E-state index contributed by atoms with van der Waals surface area (Å²) in [6.07, 6.45) is 2.61. The first-order valence-corrected chi connectivity index (χ1v) is 6.40. The molecule has 0 heterocycles. The maximum atomic E-state index is 11.5. The number of carbonyl (C=O) groups is 1. The molecule has 98 valence electrons. The number of nitrogens with one attached hydrogen (secondary N) is 1. The highest BCUT2D eigenvalue weighted by Crippen LogP contribution is 2.01. The van der Waals surface area contributed by atoms with Crippen LogP contribution >= 0.6 is 0 Å². The Labute approximate surface area is 105 Å². The second kappa shape index (κ2) is 9.00. The number of hydrogen-bond donors (Lipinski definition) is 1. The molecular formula is C13H25N3O. The lowest BCUT2D eigenvalue weighted by molar-refractivity contribution is -0.123. The van der Waals surface area contributed by atoms with Gasteiger partial charge >= 0.3 is 0 Å². The third kappa shape index (κ3) is 6.96. The fourth-order valence-electron chi connectivity index (χ4n) is 1.41. The van der Waals surface area contributed by atoms with Crippen molar-refractivity contribution in [2.24, 2.45) is 5.92 Å². The summed E-state index contributed by atoms with van der Waals surface area (Å²) >= 11 is 0. The number of rotatable bonds is 8. The minimum atomic E-state index is -0.492. The highest BCUT2D eigenvalue weighted by atomic mass is 16.1. The van der Waals surface area contributed by atoms with Crippen molar-refractivity contribution < 1.29 is 4.79 Å². The SMILES string of the molecule is CCC(C#N)C(=O)NCCCCN(C)C(C)C. The van der Waals surface area contributed by atoms with Crippen molar-refractivity contribution >= 4 is 5.91 Å². The molecule has 0 aliphatic carbocycles. The number of amides is 1. The van der Waals surface area contributed by atoms with Crippen LogP contribution < -0.4 is 5.32 Å². The third-order valence-electron chi connectivity index (χ3n) is 3.00. The van der Waals surface area contributed by atoms with E-state index in [2.05, 4.69) is 31.1 Å². The Morgan fingerprint density at radius 2 is 2.06 bits per heavy atom. The van der Waals surface area contributed by atoms with Crippen LogP contribution in [-0.4, -0.2) is 37.0 Å². The molecular weight excluding hydrogens is 214 g/mol. The maximum Gasteiger partial charge on any atom is 0.237 e. The van der Waals surface area contributed by atoms with E-state index in [1.165, 1.54) is 0 Å². The lowest BCUT2D eigenvalue weighted by Crippen LogP contribution is -2.31. The van der Waals surface area contributed by atoms with E-state index in [1.807, 2.05) is 13.0 Å². The van der Waals surface area contributed by atoms with Gasteiger partial charge in [-0.25, -0.2) is 0 Å². The Kier molecular flexibility index (Phi) is 8.43. The molecule has 4 heteroatoms. The molecule has 0 aromatic carbocycles. The zero-order chi connectivity index (χ0) is 13.3. The molecule has 0 radical (unpaired) electrons. The van der Waals surface area contributed by atoms with Gasteiger partial charge in [-0.3, -0.25) is 4.79 Å². The van der Waals surface area contributed by atoms with E-state index in [1.54, 1.807) is 0 Å². The molecule has 0 rings (SSSR count). The summed E-state index contributed by atoms with van der Waals surface area (Å²) in [4.78, 5) is 13.8. The average molecular weight is 239 g/mol. The Morgan fingerprint density at radius 1 is 1.41 bits per heavy atom. The van der Waals surface area contributed by atoms with Crippen molar-refractivity contribution in [3.8, 4) is 6.07 Å². The van der Waals surface area contributed by atoms with Crippen LogP contribution in [0.1, 0.15) is 40.0 Å². The van der Waals surface area contributed by atoms with E-state index in [-0.39, 0.29) is 5.91 Å². The zero-order valence-corrected chi connectivity index (χ0v) is 11.5. The summed E-state index contributed by atoms with van der Waals surface area (Å²) in [7, 11) is 2.10. The Bertz CT molecular complexity index is 258. The first kappa shape index (κ1) is 15.9. The summed E-state index contributed by atoms with van der Waals surface area (Å²) in [5.41, 5.74) is 0. The lowest BCUT2D eigenvalue weighted by atomic mass is 10.1. The van der Waals surface area contributed by atoms with E-state index < -0.39 is 5.92 Å². The van der Waals surface area contributed by atoms with Crippen molar-refractivity contribution in [1.82, 2.24) is 10.2 Å².